The van der Waals surface area contributed by atoms with E-state index in [0.29, 0.717) is 13.2 Å². The molecule has 0 aliphatic carbocycles. The molecule has 1 aliphatic rings. The van der Waals surface area contributed by atoms with Crippen LogP contribution in [0, 0.1) is 0 Å². The Bertz CT molecular complexity index is 410. The summed E-state index contributed by atoms with van der Waals surface area (Å²) in [7, 11) is 0. The van der Waals surface area contributed by atoms with Crippen molar-refractivity contribution in [1.82, 2.24) is 0 Å². The second-order valence-electron chi connectivity index (χ2n) is 8.93. The summed E-state index contributed by atoms with van der Waals surface area (Å²) < 4.78 is 31.6. The second-order valence-corrected chi connectivity index (χ2v) is 10.4. The normalized spacial score (nSPS) is 26.0. The third kappa shape index (κ3) is 12.8. The van der Waals surface area contributed by atoms with E-state index in [4.69, 9.17) is 23.7 Å². The Morgan fingerprint density at radius 1 is 0.594 bits per heavy atom. The van der Waals surface area contributed by atoms with E-state index in [2.05, 4.69) is 50.3 Å². The van der Waals surface area contributed by atoms with Gasteiger partial charge in [-0.05, 0) is 25.7 Å². The minimum absolute atomic E-state index is 0.0368. The van der Waals surface area contributed by atoms with Crippen LogP contribution < -0.4 is 0 Å². The maximum atomic E-state index is 6.48. The number of halogens is 1. The van der Waals surface area contributed by atoms with Crippen LogP contribution in [0.15, 0.2) is 0 Å². The van der Waals surface area contributed by atoms with Crippen molar-refractivity contribution < 1.29 is 23.7 Å². The first-order valence-corrected chi connectivity index (χ1v) is 14.7. The van der Waals surface area contributed by atoms with E-state index >= 15 is 0 Å². The molecular formula is C26H51IO5. The number of unbranched alkanes of at least 4 members (excludes halogenated alkanes) is 8. The van der Waals surface area contributed by atoms with Crippen LogP contribution in [-0.2, 0) is 23.7 Å². The van der Waals surface area contributed by atoms with Crippen molar-refractivity contribution in [2.45, 2.75) is 133 Å². The largest absolute Gasteiger partial charge is 0.379 e. The van der Waals surface area contributed by atoms with Crippen molar-refractivity contribution >= 4 is 22.6 Å². The molecule has 0 aromatic heterocycles. The molecule has 1 fully saturated rings. The Morgan fingerprint density at radius 2 is 1.06 bits per heavy atom. The Morgan fingerprint density at radius 3 is 1.59 bits per heavy atom. The van der Waals surface area contributed by atoms with Gasteiger partial charge in [0.1, 0.15) is 18.3 Å². The Labute approximate surface area is 212 Å². The molecule has 0 N–H and O–H groups in total. The van der Waals surface area contributed by atoms with Crippen molar-refractivity contribution in [2.75, 3.05) is 33.0 Å². The van der Waals surface area contributed by atoms with Crippen molar-refractivity contribution in [3.8, 4) is 0 Å². The highest BCUT2D eigenvalue weighted by Crippen LogP contribution is 2.32. The summed E-state index contributed by atoms with van der Waals surface area (Å²) in [4.78, 5) is 0. The van der Waals surface area contributed by atoms with Crippen molar-refractivity contribution in [3.05, 3.63) is 0 Å². The molecule has 6 heteroatoms. The molecule has 1 aliphatic heterocycles. The predicted octanol–water partition coefficient (Wildman–Crippen LogP) is 7.08. The highest BCUT2D eigenvalue weighted by atomic mass is 127. The minimum Gasteiger partial charge on any atom is -0.379 e. The lowest BCUT2D eigenvalue weighted by molar-refractivity contribution is -0.282. The van der Waals surface area contributed by atoms with Gasteiger partial charge in [-0.2, -0.15) is 0 Å². The molecule has 0 radical (unpaired) electrons. The van der Waals surface area contributed by atoms with Crippen LogP contribution in [0.4, 0.5) is 0 Å². The third-order valence-electron chi connectivity index (χ3n) is 5.89. The van der Waals surface area contributed by atoms with Gasteiger partial charge in [0.15, 0.2) is 6.29 Å². The van der Waals surface area contributed by atoms with Crippen molar-refractivity contribution in [2.24, 2.45) is 0 Å². The van der Waals surface area contributed by atoms with Crippen LogP contribution in [0.3, 0.4) is 0 Å². The second kappa shape index (κ2) is 20.9. The zero-order valence-corrected chi connectivity index (χ0v) is 23.5. The van der Waals surface area contributed by atoms with Crippen LogP contribution in [0.5, 0.6) is 0 Å². The van der Waals surface area contributed by atoms with Crippen molar-refractivity contribution in [1.29, 1.82) is 0 Å². The third-order valence-corrected chi connectivity index (χ3v) is 7.31. The van der Waals surface area contributed by atoms with Gasteiger partial charge < -0.3 is 23.7 Å². The summed E-state index contributed by atoms with van der Waals surface area (Å²) in [5.41, 5.74) is 0. The van der Waals surface area contributed by atoms with Gasteiger partial charge in [-0.3, -0.25) is 0 Å². The molecule has 0 spiro atoms. The Kier molecular flexibility index (Phi) is 19.9. The van der Waals surface area contributed by atoms with E-state index in [9.17, 15) is 0 Å². The predicted molar refractivity (Wildman–Crippen MR) is 141 cm³/mol. The number of hydrogen-bond acceptors (Lipinski definition) is 5. The number of hydrogen-bond donors (Lipinski definition) is 0. The summed E-state index contributed by atoms with van der Waals surface area (Å²) in [5, 5.41) is 0. The molecule has 0 saturated carbocycles. The zero-order valence-electron chi connectivity index (χ0n) is 21.3. The summed E-state index contributed by atoms with van der Waals surface area (Å²) in [6.45, 7) is 12.4. The van der Waals surface area contributed by atoms with Gasteiger partial charge in [-0.25, -0.2) is 0 Å². The van der Waals surface area contributed by atoms with E-state index in [1.54, 1.807) is 0 Å². The molecule has 0 aromatic rings. The van der Waals surface area contributed by atoms with Gasteiger partial charge in [0, 0.05) is 26.4 Å². The standard InChI is InChI=1S/C26H51IO5/c1-5-9-13-17-28-21-22-24(29-18-14-10-6-2)23(27)25(30-19-15-11-7-3)26(32-22)31-20-16-12-8-4/h22-26H,5-21H2,1-4H3/t22-,23+,24-,25-,26?/m1/s1. The SMILES string of the molecule is CCCCCOC[C@H]1OC(OCCCCC)[C@H](OCCCCC)[C@@H](I)[C@@H]1OCCCCC. The van der Waals surface area contributed by atoms with E-state index in [1.165, 1.54) is 51.4 Å². The lowest BCUT2D eigenvalue weighted by Crippen LogP contribution is -2.59. The average molecular weight is 571 g/mol. The van der Waals surface area contributed by atoms with Gasteiger partial charge in [0.25, 0.3) is 0 Å². The monoisotopic (exact) mass is 570 g/mol. The molecule has 5 atom stereocenters. The molecule has 5 nitrogen and oxygen atoms in total. The molecule has 0 amide bonds. The van der Waals surface area contributed by atoms with Gasteiger partial charge in [0.05, 0.1) is 10.5 Å². The van der Waals surface area contributed by atoms with Gasteiger partial charge in [-0.15, -0.1) is 0 Å². The molecule has 1 rings (SSSR count). The summed E-state index contributed by atoms with van der Waals surface area (Å²) in [6, 6.07) is 0. The molecule has 1 unspecified atom stereocenters. The van der Waals surface area contributed by atoms with Gasteiger partial charge >= 0.3 is 0 Å². The Balaban J connectivity index is 2.78. The topological polar surface area (TPSA) is 46.2 Å². The first-order valence-electron chi connectivity index (χ1n) is 13.4. The fourth-order valence-electron chi connectivity index (χ4n) is 3.86. The Hall–Kier alpha value is 0.530. The van der Waals surface area contributed by atoms with Crippen molar-refractivity contribution in [3.63, 3.8) is 0 Å². The van der Waals surface area contributed by atoms with Crippen LogP contribution >= 0.6 is 22.6 Å². The van der Waals surface area contributed by atoms with Gasteiger partial charge in [-0.1, -0.05) is 102 Å². The van der Waals surface area contributed by atoms with Crippen LogP contribution in [-0.4, -0.2) is 61.6 Å². The molecule has 1 saturated heterocycles. The van der Waals surface area contributed by atoms with Crippen LogP contribution in [0.2, 0.25) is 0 Å². The zero-order chi connectivity index (χ0) is 23.4. The molecule has 0 bridgehead atoms. The van der Waals surface area contributed by atoms with Crippen LogP contribution in [0.1, 0.15) is 105 Å². The van der Waals surface area contributed by atoms with E-state index in [0.717, 1.165) is 45.5 Å². The highest BCUT2D eigenvalue weighted by Gasteiger charge is 2.46. The molecule has 0 aromatic carbocycles. The minimum atomic E-state index is -0.352. The summed E-state index contributed by atoms with van der Waals surface area (Å²) >= 11 is 2.51. The molecule has 192 valence electrons. The first-order chi connectivity index (χ1) is 15.7. The highest BCUT2D eigenvalue weighted by molar-refractivity contribution is 14.1. The maximum Gasteiger partial charge on any atom is 0.185 e. The molecular weight excluding hydrogens is 519 g/mol. The quantitative estimate of drug-likeness (QED) is 0.0839. The smallest absolute Gasteiger partial charge is 0.185 e. The van der Waals surface area contributed by atoms with Crippen LogP contribution in [0.25, 0.3) is 0 Å². The van der Waals surface area contributed by atoms with E-state index in [1.807, 2.05) is 0 Å². The lowest BCUT2D eigenvalue weighted by Gasteiger charge is -2.44. The van der Waals surface area contributed by atoms with E-state index in [-0.39, 0.29) is 28.5 Å². The first kappa shape index (κ1) is 30.6. The fourth-order valence-corrected chi connectivity index (χ4v) is 5.07. The molecule has 32 heavy (non-hydrogen) atoms. The maximum absolute atomic E-state index is 6.48. The molecule has 1 heterocycles. The average Bonchev–Trinajstić information content (AvgIpc) is 2.79. The fraction of sp³-hybridized carbons (Fsp3) is 1.00. The summed E-state index contributed by atoms with van der Waals surface area (Å²) in [6.07, 6.45) is 13.2. The summed E-state index contributed by atoms with van der Waals surface area (Å²) in [5.74, 6) is 0. The van der Waals surface area contributed by atoms with E-state index < -0.39 is 0 Å². The van der Waals surface area contributed by atoms with Gasteiger partial charge in [0.2, 0.25) is 0 Å². The number of alkyl halides is 1. The number of rotatable bonds is 21. The number of ether oxygens (including phenoxy) is 5. The lowest BCUT2D eigenvalue weighted by atomic mass is 10.0.